The van der Waals surface area contributed by atoms with Crippen LogP contribution in [-0.2, 0) is 16.1 Å². The van der Waals surface area contributed by atoms with E-state index in [1.807, 2.05) is 32.9 Å². The molecule has 1 saturated heterocycles. The number of piperidine rings is 1. The third kappa shape index (κ3) is 4.40. The standard InChI is InChI=1S/C21H28N4O3/c1-14(2)20(27)23-16-7-5-10-24(12-16)18(26)9-11-25-13-22-19-15(3)6-4-8-17(19)21(25)28/h4,6,8,13-14,16H,5,7,9-12H2,1-3H3,(H,23,27). The maximum Gasteiger partial charge on any atom is 0.261 e. The van der Waals surface area contributed by atoms with E-state index in [2.05, 4.69) is 10.3 Å². The summed E-state index contributed by atoms with van der Waals surface area (Å²) in [5.74, 6) is -0.0508. The second kappa shape index (κ2) is 8.54. The summed E-state index contributed by atoms with van der Waals surface area (Å²) in [6.07, 6.45) is 3.51. The van der Waals surface area contributed by atoms with Crippen molar-refractivity contribution in [2.45, 2.75) is 52.6 Å². The van der Waals surface area contributed by atoms with E-state index in [4.69, 9.17) is 0 Å². The first-order valence-corrected chi connectivity index (χ1v) is 9.89. The second-order valence-electron chi connectivity index (χ2n) is 7.81. The molecule has 1 N–H and O–H groups in total. The topological polar surface area (TPSA) is 84.3 Å². The van der Waals surface area contributed by atoms with Crippen LogP contribution >= 0.6 is 0 Å². The lowest BCUT2D eigenvalue weighted by molar-refractivity contribution is -0.134. The Hall–Kier alpha value is -2.70. The van der Waals surface area contributed by atoms with Gasteiger partial charge in [0.2, 0.25) is 11.8 Å². The van der Waals surface area contributed by atoms with Crippen LogP contribution in [0.15, 0.2) is 29.3 Å². The molecule has 1 aromatic heterocycles. The highest BCUT2D eigenvalue weighted by molar-refractivity contribution is 5.81. The van der Waals surface area contributed by atoms with Gasteiger partial charge in [0.15, 0.2) is 0 Å². The number of hydrogen-bond acceptors (Lipinski definition) is 4. The lowest BCUT2D eigenvalue weighted by atomic mass is 10.0. The minimum Gasteiger partial charge on any atom is -0.351 e. The first-order chi connectivity index (χ1) is 13.4. The second-order valence-corrected chi connectivity index (χ2v) is 7.81. The molecule has 7 nitrogen and oxygen atoms in total. The van der Waals surface area contributed by atoms with Gasteiger partial charge in [0, 0.05) is 38.0 Å². The number of nitrogens with zero attached hydrogens (tertiary/aromatic N) is 3. The third-order valence-electron chi connectivity index (χ3n) is 5.27. The molecule has 2 aromatic rings. The molecule has 1 aromatic carbocycles. The van der Waals surface area contributed by atoms with E-state index >= 15 is 0 Å². The van der Waals surface area contributed by atoms with E-state index in [9.17, 15) is 14.4 Å². The first-order valence-electron chi connectivity index (χ1n) is 9.89. The highest BCUT2D eigenvalue weighted by Crippen LogP contribution is 2.14. The number of carbonyl (C=O) groups is 2. The van der Waals surface area contributed by atoms with Gasteiger partial charge in [-0.15, -0.1) is 0 Å². The predicted octanol–water partition coefficient (Wildman–Crippen LogP) is 1.86. The Bertz CT molecular complexity index is 935. The Balaban J connectivity index is 1.62. The number of hydrogen-bond donors (Lipinski definition) is 1. The van der Waals surface area contributed by atoms with Gasteiger partial charge in [-0.2, -0.15) is 0 Å². The summed E-state index contributed by atoms with van der Waals surface area (Å²) in [4.78, 5) is 43.4. The summed E-state index contributed by atoms with van der Waals surface area (Å²) < 4.78 is 1.50. The van der Waals surface area contributed by atoms with Crippen LogP contribution in [0.2, 0.25) is 0 Å². The molecule has 0 saturated carbocycles. The summed E-state index contributed by atoms with van der Waals surface area (Å²) in [5, 5.41) is 3.59. The van der Waals surface area contributed by atoms with Crippen molar-refractivity contribution in [1.29, 1.82) is 0 Å². The molecule has 3 rings (SSSR count). The molecule has 1 aliphatic heterocycles. The van der Waals surface area contributed by atoms with Gasteiger partial charge in [0.1, 0.15) is 0 Å². The van der Waals surface area contributed by atoms with Crippen molar-refractivity contribution in [2.75, 3.05) is 13.1 Å². The molecular weight excluding hydrogens is 356 g/mol. The number of para-hydroxylation sites is 1. The van der Waals surface area contributed by atoms with Crippen molar-refractivity contribution in [1.82, 2.24) is 19.8 Å². The van der Waals surface area contributed by atoms with Crippen molar-refractivity contribution in [3.05, 3.63) is 40.4 Å². The largest absolute Gasteiger partial charge is 0.351 e. The molecule has 7 heteroatoms. The van der Waals surface area contributed by atoms with E-state index in [1.54, 1.807) is 11.0 Å². The molecule has 2 heterocycles. The van der Waals surface area contributed by atoms with Crippen LogP contribution in [0.25, 0.3) is 10.9 Å². The lowest BCUT2D eigenvalue weighted by Gasteiger charge is -2.33. The minimum atomic E-state index is -0.123. The Morgan fingerprint density at radius 2 is 2.11 bits per heavy atom. The van der Waals surface area contributed by atoms with Gasteiger partial charge in [-0.3, -0.25) is 19.0 Å². The molecule has 150 valence electrons. The molecule has 0 radical (unpaired) electrons. The molecule has 28 heavy (non-hydrogen) atoms. The molecule has 2 amide bonds. The maximum absolute atomic E-state index is 12.7. The normalized spacial score (nSPS) is 17.1. The fourth-order valence-corrected chi connectivity index (χ4v) is 3.56. The Morgan fingerprint density at radius 3 is 2.86 bits per heavy atom. The van der Waals surface area contributed by atoms with E-state index in [-0.39, 0.29) is 35.8 Å². The number of amides is 2. The van der Waals surface area contributed by atoms with Crippen LogP contribution in [0.5, 0.6) is 0 Å². The lowest BCUT2D eigenvalue weighted by Crippen LogP contribution is -2.50. The molecule has 0 spiro atoms. The van der Waals surface area contributed by atoms with Gasteiger partial charge >= 0.3 is 0 Å². The van der Waals surface area contributed by atoms with Crippen LogP contribution < -0.4 is 10.9 Å². The highest BCUT2D eigenvalue weighted by Gasteiger charge is 2.25. The number of benzene rings is 1. The van der Waals surface area contributed by atoms with Gasteiger partial charge in [0.05, 0.1) is 17.2 Å². The molecule has 1 aliphatic rings. The number of fused-ring (bicyclic) bond motifs is 1. The van der Waals surface area contributed by atoms with Crippen LogP contribution in [0.4, 0.5) is 0 Å². The molecule has 0 aliphatic carbocycles. The molecule has 1 unspecified atom stereocenters. The zero-order valence-electron chi connectivity index (χ0n) is 16.8. The number of aryl methyl sites for hydroxylation is 2. The average Bonchev–Trinajstić information content (AvgIpc) is 2.68. The maximum atomic E-state index is 12.7. The number of likely N-dealkylation sites (tertiary alicyclic amines) is 1. The summed E-state index contributed by atoms with van der Waals surface area (Å²) in [6.45, 7) is 7.16. The van der Waals surface area contributed by atoms with Crippen LogP contribution in [0.1, 0.15) is 38.7 Å². The van der Waals surface area contributed by atoms with Crippen molar-refractivity contribution in [3.63, 3.8) is 0 Å². The smallest absolute Gasteiger partial charge is 0.261 e. The number of nitrogens with one attached hydrogen (secondary N) is 1. The SMILES string of the molecule is Cc1cccc2c(=O)n(CCC(=O)N3CCCC(NC(=O)C(C)C)C3)cnc12. The van der Waals surface area contributed by atoms with Gasteiger partial charge in [-0.05, 0) is 31.4 Å². The van der Waals surface area contributed by atoms with E-state index in [1.165, 1.54) is 10.9 Å². The Kier molecular flexibility index (Phi) is 6.11. The third-order valence-corrected chi connectivity index (χ3v) is 5.27. The minimum absolute atomic E-state index is 0.000245. The molecular formula is C21H28N4O3. The monoisotopic (exact) mass is 384 g/mol. The van der Waals surface area contributed by atoms with Crippen LogP contribution in [0.3, 0.4) is 0 Å². The van der Waals surface area contributed by atoms with Crippen molar-refractivity contribution < 1.29 is 9.59 Å². The number of rotatable bonds is 5. The quantitative estimate of drug-likeness (QED) is 0.853. The average molecular weight is 384 g/mol. The molecule has 1 fully saturated rings. The van der Waals surface area contributed by atoms with E-state index < -0.39 is 0 Å². The van der Waals surface area contributed by atoms with Crippen molar-refractivity contribution >= 4 is 22.7 Å². The zero-order valence-corrected chi connectivity index (χ0v) is 16.8. The zero-order chi connectivity index (χ0) is 20.3. The number of aromatic nitrogens is 2. The van der Waals surface area contributed by atoms with Gasteiger partial charge in [-0.25, -0.2) is 4.98 Å². The van der Waals surface area contributed by atoms with Crippen molar-refractivity contribution in [2.24, 2.45) is 5.92 Å². The van der Waals surface area contributed by atoms with Gasteiger partial charge < -0.3 is 10.2 Å². The fourth-order valence-electron chi connectivity index (χ4n) is 3.56. The summed E-state index contributed by atoms with van der Waals surface area (Å²) in [7, 11) is 0. The van der Waals surface area contributed by atoms with Crippen LogP contribution in [-0.4, -0.2) is 45.4 Å². The summed E-state index contributed by atoms with van der Waals surface area (Å²) in [5.41, 5.74) is 1.54. The Labute approximate surface area is 164 Å². The van der Waals surface area contributed by atoms with Crippen molar-refractivity contribution in [3.8, 4) is 0 Å². The Morgan fingerprint density at radius 1 is 1.32 bits per heavy atom. The molecule has 1 atom stereocenters. The number of carbonyl (C=O) groups excluding carboxylic acids is 2. The van der Waals surface area contributed by atoms with Gasteiger partial charge in [0.25, 0.3) is 5.56 Å². The summed E-state index contributed by atoms with van der Waals surface area (Å²) >= 11 is 0. The highest BCUT2D eigenvalue weighted by atomic mass is 16.2. The molecule has 0 bridgehead atoms. The fraction of sp³-hybridized carbons (Fsp3) is 0.524. The van der Waals surface area contributed by atoms with E-state index in [0.29, 0.717) is 30.5 Å². The summed E-state index contributed by atoms with van der Waals surface area (Å²) in [6, 6.07) is 5.53. The first kappa shape index (κ1) is 20.0. The van der Waals surface area contributed by atoms with E-state index in [0.717, 1.165) is 18.4 Å². The predicted molar refractivity (Wildman–Crippen MR) is 108 cm³/mol. The van der Waals surface area contributed by atoms with Gasteiger partial charge in [-0.1, -0.05) is 26.0 Å². The van der Waals surface area contributed by atoms with Crippen LogP contribution in [0, 0.1) is 12.8 Å².